The third kappa shape index (κ3) is 1.90. The van der Waals surface area contributed by atoms with Crippen molar-refractivity contribution in [2.75, 3.05) is 6.61 Å². The van der Waals surface area contributed by atoms with Crippen molar-refractivity contribution in [1.82, 2.24) is 5.32 Å². The van der Waals surface area contributed by atoms with E-state index in [0.29, 0.717) is 0 Å². The molecule has 2 rings (SSSR count). The number of amides is 1. The molecule has 1 aliphatic rings. The third-order valence-corrected chi connectivity index (χ3v) is 2.89. The van der Waals surface area contributed by atoms with Gasteiger partial charge in [0, 0.05) is 18.9 Å². The van der Waals surface area contributed by atoms with E-state index in [4.69, 9.17) is 4.74 Å². The van der Waals surface area contributed by atoms with Gasteiger partial charge in [0.05, 0.1) is 6.61 Å². The highest BCUT2D eigenvalue weighted by molar-refractivity contribution is 5.88. The molecule has 0 saturated carbocycles. The Hall–Kier alpha value is -2.11. The van der Waals surface area contributed by atoms with Crippen molar-refractivity contribution in [3.63, 3.8) is 0 Å². The van der Waals surface area contributed by atoms with Crippen molar-refractivity contribution in [3.05, 3.63) is 29.6 Å². The molecule has 0 bridgehead atoms. The number of carboxylic acid groups (broad SMARTS) is 1. The second-order valence-corrected chi connectivity index (χ2v) is 4.13. The Bertz CT molecular complexity index is 517. The molecular weight excluding hydrogens is 241 g/mol. The minimum Gasteiger partial charge on any atom is -0.493 e. The lowest BCUT2D eigenvalue weighted by atomic mass is 9.84. The van der Waals surface area contributed by atoms with Crippen LogP contribution in [-0.4, -0.2) is 23.6 Å². The summed E-state index contributed by atoms with van der Waals surface area (Å²) < 4.78 is 18.6. The molecule has 0 saturated heterocycles. The van der Waals surface area contributed by atoms with E-state index in [1.165, 1.54) is 19.1 Å². The number of halogens is 1. The van der Waals surface area contributed by atoms with Gasteiger partial charge in [-0.25, -0.2) is 9.18 Å². The first-order chi connectivity index (χ1) is 8.45. The summed E-state index contributed by atoms with van der Waals surface area (Å²) in [6.07, 6.45) is 0.0539. The smallest absolute Gasteiger partial charge is 0.334 e. The van der Waals surface area contributed by atoms with Gasteiger partial charge in [0.2, 0.25) is 5.91 Å². The van der Waals surface area contributed by atoms with E-state index >= 15 is 0 Å². The fourth-order valence-electron chi connectivity index (χ4n) is 2.12. The van der Waals surface area contributed by atoms with Gasteiger partial charge in [0.15, 0.2) is 5.54 Å². The summed E-state index contributed by atoms with van der Waals surface area (Å²) in [7, 11) is 0. The maximum atomic E-state index is 13.3. The van der Waals surface area contributed by atoms with Crippen molar-refractivity contribution < 1.29 is 23.8 Å². The molecule has 0 aliphatic carbocycles. The minimum atomic E-state index is -1.62. The van der Waals surface area contributed by atoms with Gasteiger partial charge in [0.1, 0.15) is 11.6 Å². The summed E-state index contributed by atoms with van der Waals surface area (Å²) in [4.78, 5) is 22.7. The Balaban J connectivity index is 2.59. The highest BCUT2D eigenvalue weighted by Crippen LogP contribution is 2.37. The molecule has 6 heteroatoms. The van der Waals surface area contributed by atoms with E-state index < -0.39 is 23.2 Å². The monoisotopic (exact) mass is 253 g/mol. The lowest BCUT2D eigenvalue weighted by Gasteiger charge is -2.35. The summed E-state index contributed by atoms with van der Waals surface area (Å²) in [5.74, 6) is -2.02. The molecule has 1 aromatic rings. The number of rotatable bonds is 2. The first-order valence-corrected chi connectivity index (χ1v) is 5.41. The van der Waals surface area contributed by atoms with Gasteiger partial charge in [-0.15, -0.1) is 0 Å². The van der Waals surface area contributed by atoms with Crippen LogP contribution >= 0.6 is 0 Å². The van der Waals surface area contributed by atoms with Gasteiger partial charge in [0.25, 0.3) is 0 Å². The number of nitrogens with one attached hydrogen (secondary N) is 1. The summed E-state index contributed by atoms with van der Waals surface area (Å²) in [5.41, 5.74) is -1.49. The Morgan fingerprint density at radius 2 is 2.22 bits per heavy atom. The van der Waals surface area contributed by atoms with Gasteiger partial charge < -0.3 is 15.2 Å². The maximum absolute atomic E-state index is 13.3. The molecule has 1 aromatic carbocycles. The molecule has 1 aliphatic heterocycles. The van der Waals surface area contributed by atoms with Crippen LogP contribution in [0.5, 0.6) is 5.75 Å². The number of aliphatic carboxylic acids is 1. The molecule has 1 unspecified atom stereocenters. The number of fused-ring (bicyclic) bond motifs is 1. The molecule has 0 radical (unpaired) electrons. The lowest BCUT2D eigenvalue weighted by molar-refractivity contribution is -0.149. The first-order valence-electron chi connectivity index (χ1n) is 5.41. The Morgan fingerprint density at radius 3 is 2.83 bits per heavy atom. The fourth-order valence-corrected chi connectivity index (χ4v) is 2.12. The average molecular weight is 253 g/mol. The Morgan fingerprint density at radius 1 is 1.50 bits per heavy atom. The highest BCUT2D eigenvalue weighted by atomic mass is 19.1. The number of hydrogen-bond acceptors (Lipinski definition) is 3. The van der Waals surface area contributed by atoms with Crippen LogP contribution in [-0.2, 0) is 15.1 Å². The molecular formula is C12H12FNO4. The highest BCUT2D eigenvalue weighted by Gasteiger charge is 2.45. The van der Waals surface area contributed by atoms with Crippen LogP contribution in [0.15, 0.2) is 18.2 Å². The minimum absolute atomic E-state index is 0.0539. The van der Waals surface area contributed by atoms with Crippen LogP contribution in [0.4, 0.5) is 4.39 Å². The van der Waals surface area contributed by atoms with Crippen LogP contribution in [0, 0.1) is 5.82 Å². The summed E-state index contributed by atoms with van der Waals surface area (Å²) in [6, 6.07) is 3.63. The zero-order valence-corrected chi connectivity index (χ0v) is 9.70. The van der Waals surface area contributed by atoms with E-state index in [9.17, 15) is 19.1 Å². The van der Waals surface area contributed by atoms with Crippen molar-refractivity contribution in [2.45, 2.75) is 18.9 Å². The summed E-state index contributed by atoms with van der Waals surface area (Å²) in [5, 5.41) is 11.8. The van der Waals surface area contributed by atoms with Crippen molar-refractivity contribution >= 4 is 11.9 Å². The number of carbonyl (C=O) groups is 2. The quantitative estimate of drug-likeness (QED) is 0.825. The molecule has 1 heterocycles. The third-order valence-electron chi connectivity index (χ3n) is 2.89. The average Bonchev–Trinajstić information content (AvgIpc) is 2.29. The van der Waals surface area contributed by atoms with Crippen LogP contribution in [0.25, 0.3) is 0 Å². The standard InChI is InChI=1S/C12H12FNO4/c1-7(15)14-12(11(16)17)4-5-18-10-3-2-8(13)6-9(10)12/h2-3,6H,4-5H2,1H3,(H,14,15)(H,16,17). The van der Waals surface area contributed by atoms with Crippen LogP contribution in [0.1, 0.15) is 18.9 Å². The van der Waals surface area contributed by atoms with Gasteiger partial charge >= 0.3 is 5.97 Å². The molecule has 18 heavy (non-hydrogen) atoms. The second-order valence-electron chi connectivity index (χ2n) is 4.13. The normalized spacial score (nSPS) is 21.7. The largest absolute Gasteiger partial charge is 0.493 e. The Labute approximate surface area is 103 Å². The van der Waals surface area contributed by atoms with Gasteiger partial charge in [-0.05, 0) is 18.2 Å². The number of hydrogen-bond donors (Lipinski definition) is 2. The molecule has 2 N–H and O–H groups in total. The fraction of sp³-hybridized carbons (Fsp3) is 0.333. The molecule has 5 nitrogen and oxygen atoms in total. The zero-order valence-electron chi connectivity index (χ0n) is 9.70. The molecule has 1 amide bonds. The number of benzene rings is 1. The van der Waals surface area contributed by atoms with E-state index in [-0.39, 0.29) is 24.3 Å². The molecule has 96 valence electrons. The lowest BCUT2D eigenvalue weighted by Crippen LogP contribution is -2.53. The van der Waals surface area contributed by atoms with Crippen LogP contribution < -0.4 is 10.1 Å². The maximum Gasteiger partial charge on any atom is 0.334 e. The van der Waals surface area contributed by atoms with Gasteiger partial charge in [-0.2, -0.15) is 0 Å². The molecule has 1 atom stereocenters. The van der Waals surface area contributed by atoms with E-state index in [2.05, 4.69) is 5.32 Å². The molecule has 0 fully saturated rings. The van der Waals surface area contributed by atoms with Crippen LogP contribution in [0.2, 0.25) is 0 Å². The number of carboxylic acids is 1. The topological polar surface area (TPSA) is 75.6 Å². The van der Waals surface area contributed by atoms with Crippen molar-refractivity contribution in [3.8, 4) is 5.75 Å². The van der Waals surface area contributed by atoms with Crippen molar-refractivity contribution in [2.24, 2.45) is 0 Å². The molecule has 0 aromatic heterocycles. The first kappa shape index (κ1) is 12.3. The Kier molecular flexibility index (Phi) is 2.94. The molecule has 0 spiro atoms. The predicted molar refractivity (Wildman–Crippen MR) is 59.6 cm³/mol. The van der Waals surface area contributed by atoms with Crippen molar-refractivity contribution in [1.29, 1.82) is 0 Å². The van der Waals surface area contributed by atoms with Gasteiger partial charge in [-0.1, -0.05) is 0 Å². The SMILES string of the molecule is CC(=O)NC1(C(=O)O)CCOc2ccc(F)cc21. The number of carbonyl (C=O) groups excluding carboxylic acids is 1. The van der Waals surface area contributed by atoms with E-state index in [1.807, 2.05) is 0 Å². The zero-order chi connectivity index (χ0) is 13.3. The van der Waals surface area contributed by atoms with Gasteiger partial charge in [-0.3, -0.25) is 4.79 Å². The summed E-state index contributed by atoms with van der Waals surface area (Å²) >= 11 is 0. The second kappa shape index (κ2) is 4.29. The van der Waals surface area contributed by atoms with Crippen LogP contribution in [0.3, 0.4) is 0 Å². The predicted octanol–water partition coefficient (Wildman–Crippen LogP) is 1.02. The van der Waals surface area contributed by atoms with E-state index in [0.717, 1.165) is 6.07 Å². The van der Waals surface area contributed by atoms with E-state index in [1.54, 1.807) is 0 Å². The summed E-state index contributed by atoms with van der Waals surface area (Å²) in [6.45, 7) is 1.37. The number of ether oxygens (including phenoxy) is 1.